The summed E-state index contributed by atoms with van der Waals surface area (Å²) in [6.07, 6.45) is 0.791. The molecule has 5 aromatic carbocycles. The van der Waals surface area contributed by atoms with Crippen LogP contribution in [0.5, 0.6) is 23.0 Å². The maximum Gasteiger partial charge on any atom is 0.330 e. The Bertz CT molecular complexity index is 1700. The molecule has 0 aliphatic carbocycles. The van der Waals surface area contributed by atoms with Gasteiger partial charge in [-0.05, 0) is 70.8 Å². The van der Waals surface area contributed by atoms with E-state index in [2.05, 4.69) is 13.2 Å². The summed E-state index contributed by atoms with van der Waals surface area (Å²) in [5.41, 5.74) is 4.14. The van der Waals surface area contributed by atoms with Gasteiger partial charge in [-0.1, -0.05) is 98.1 Å². The summed E-state index contributed by atoms with van der Waals surface area (Å²) in [6.45, 7) is 7.20. The third-order valence-corrected chi connectivity index (χ3v) is 7.35. The minimum absolute atomic E-state index is 0.0422. The fraction of sp³-hybridized carbons (Fsp3) is 0.143. The molecule has 50 heavy (non-hydrogen) atoms. The van der Waals surface area contributed by atoms with Crippen LogP contribution in [0.3, 0.4) is 0 Å². The number of carbonyl (C=O) groups is 2. The van der Waals surface area contributed by atoms with E-state index in [0.717, 1.165) is 34.4 Å². The average Bonchev–Trinajstić information content (AvgIpc) is 3.18. The van der Waals surface area contributed by atoms with Crippen molar-refractivity contribution in [3.05, 3.63) is 159 Å². The van der Waals surface area contributed by atoms with Crippen molar-refractivity contribution in [3.63, 3.8) is 0 Å². The van der Waals surface area contributed by atoms with Crippen LogP contribution in [0, 0.1) is 0 Å². The SMILES string of the molecule is C=CC(=O)OC(COc1ccc(OCC(COc2cccc(-c3ccccc3)c2)OC(=O)C=C)cc1)COc1cccc(-c2ccccc2)c1. The van der Waals surface area contributed by atoms with Gasteiger partial charge in [0.2, 0.25) is 0 Å². The average molecular weight is 671 g/mol. The summed E-state index contributed by atoms with van der Waals surface area (Å²) in [7, 11) is 0. The Labute approximate surface area is 292 Å². The molecule has 0 spiro atoms. The van der Waals surface area contributed by atoms with Crippen LogP contribution in [-0.4, -0.2) is 50.6 Å². The molecule has 0 saturated heterocycles. The highest BCUT2D eigenvalue weighted by Crippen LogP contribution is 2.25. The number of esters is 2. The van der Waals surface area contributed by atoms with E-state index < -0.39 is 24.1 Å². The van der Waals surface area contributed by atoms with Crippen molar-refractivity contribution >= 4 is 11.9 Å². The number of hydrogen-bond acceptors (Lipinski definition) is 8. The molecule has 0 heterocycles. The van der Waals surface area contributed by atoms with E-state index in [0.29, 0.717) is 23.0 Å². The second kappa shape index (κ2) is 18.3. The van der Waals surface area contributed by atoms with Crippen molar-refractivity contribution in [1.29, 1.82) is 0 Å². The quantitative estimate of drug-likeness (QED) is 0.0682. The topological polar surface area (TPSA) is 89.5 Å². The normalized spacial score (nSPS) is 11.7. The van der Waals surface area contributed by atoms with Gasteiger partial charge < -0.3 is 28.4 Å². The number of ether oxygens (including phenoxy) is 6. The van der Waals surface area contributed by atoms with Gasteiger partial charge in [0.1, 0.15) is 49.4 Å². The molecule has 5 aromatic rings. The molecule has 2 atom stereocenters. The molecule has 5 rings (SSSR count). The Kier molecular flexibility index (Phi) is 12.8. The predicted octanol–water partition coefficient (Wildman–Crippen LogP) is 8.13. The second-order valence-corrected chi connectivity index (χ2v) is 11.0. The molecule has 0 aromatic heterocycles. The number of carbonyl (C=O) groups excluding carboxylic acids is 2. The largest absolute Gasteiger partial charge is 0.490 e. The Morgan fingerprint density at radius 1 is 0.440 bits per heavy atom. The molecule has 0 saturated carbocycles. The van der Waals surface area contributed by atoms with Gasteiger partial charge in [0, 0.05) is 12.2 Å². The van der Waals surface area contributed by atoms with Gasteiger partial charge in [0.25, 0.3) is 0 Å². The first-order valence-electron chi connectivity index (χ1n) is 16.1. The summed E-state index contributed by atoms with van der Waals surface area (Å²) >= 11 is 0. The first-order chi connectivity index (χ1) is 24.5. The summed E-state index contributed by atoms with van der Waals surface area (Å²) < 4.78 is 34.8. The van der Waals surface area contributed by atoms with Crippen molar-refractivity contribution in [2.75, 3.05) is 26.4 Å². The smallest absolute Gasteiger partial charge is 0.330 e. The Balaban J connectivity index is 1.14. The third kappa shape index (κ3) is 10.9. The Morgan fingerprint density at radius 3 is 1.14 bits per heavy atom. The molecule has 0 amide bonds. The summed E-state index contributed by atoms with van der Waals surface area (Å²) in [6, 6.07) is 42.2. The van der Waals surface area contributed by atoms with Crippen LogP contribution in [0.1, 0.15) is 0 Å². The third-order valence-electron chi connectivity index (χ3n) is 7.35. The minimum atomic E-state index is -0.703. The zero-order chi connectivity index (χ0) is 35.0. The highest BCUT2D eigenvalue weighted by molar-refractivity contribution is 5.81. The van der Waals surface area contributed by atoms with Gasteiger partial charge in [0.05, 0.1) is 0 Å². The van der Waals surface area contributed by atoms with Crippen LogP contribution in [0.4, 0.5) is 0 Å². The molecule has 8 nitrogen and oxygen atoms in total. The first kappa shape index (κ1) is 35.0. The van der Waals surface area contributed by atoms with Crippen LogP contribution in [0.2, 0.25) is 0 Å². The lowest BCUT2D eigenvalue weighted by Gasteiger charge is -2.20. The zero-order valence-corrected chi connectivity index (χ0v) is 27.5. The first-order valence-corrected chi connectivity index (χ1v) is 16.1. The van der Waals surface area contributed by atoms with Crippen molar-refractivity contribution in [1.82, 2.24) is 0 Å². The number of benzene rings is 5. The molecular weight excluding hydrogens is 632 g/mol. The van der Waals surface area contributed by atoms with Gasteiger partial charge in [-0.2, -0.15) is 0 Å². The van der Waals surface area contributed by atoms with Crippen molar-refractivity contribution in [3.8, 4) is 45.3 Å². The monoisotopic (exact) mass is 670 g/mol. The van der Waals surface area contributed by atoms with Gasteiger partial charge in [-0.3, -0.25) is 0 Å². The molecule has 0 bridgehead atoms. The molecule has 254 valence electrons. The number of hydrogen-bond donors (Lipinski definition) is 0. The van der Waals surface area contributed by atoms with Gasteiger partial charge in [-0.15, -0.1) is 0 Å². The molecule has 0 aliphatic rings. The molecule has 8 heteroatoms. The lowest BCUT2D eigenvalue weighted by atomic mass is 10.1. The van der Waals surface area contributed by atoms with Crippen LogP contribution in [0.15, 0.2) is 159 Å². The van der Waals surface area contributed by atoms with Crippen LogP contribution in [-0.2, 0) is 19.1 Å². The maximum atomic E-state index is 12.0. The fourth-order valence-electron chi connectivity index (χ4n) is 4.84. The lowest BCUT2D eigenvalue weighted by molar-refractivity contribution is -0.147. The summed E-state index contributed by atoms with van der Waals surface area (Å²) in [5, 5.41) is 0. The summed E-state index contributed by atoms with van der Waals surface area (Å²) in [5.74, 6) is 1.16. The van der Waals surface area contributed by atoms with Crippen molar-refractivity contribution < 1.29 is 38.0 Å². The van der Waals surface area contributed by atoms with Crippen molar-refractivity contribution in [2.45, 2.75) is 12.2 Å². The van der Waals surface area contributed by atoms with E-state index in [1.807, 2.05) is 109 Å². The zero-order valence-electron chi connectivity index (χ0n) is 27.5. The maximum absolute atomic E-state index is 12.0. The molecule has 0 aliphatic heterocycles. The Hall–Kier alpha value is -6.28. The molecule has 0 fully saturated rings. The second-order valence-electron chi connectivity index (χ2n) is 11.0. The van der Waals surface area contributed by atoms with E-state index in [9.17, 15) is 9.59 Å². The van der Waals surface area contributed by atoms with Crippen molar-refractivity contribution in [2.24, 2.45) is 0 Å². The van der Waals surface area contributed by atoms with Gasteiger partial charge in [0.15, 0.2) is 12.2 Å². The standard InChI is InChI=1S/C42H38O8/c1-3-41(43)49-39(29-47-37-19-11-17-33(25-37)31-13-7-5-8-14-31)27-45-35-21-23-36(24-22-35)46-28-40(50-42(44)4-2)30-48-38-20-12-18-34(26-38)32-15-9-6-10-16-32/h3-26,39-40H,1-2,27-30H2. The lowest BCUT2D eigenvalue weighted by Crippen LogP contribution is -2.30. The summed E-state index contributed by atoms with van der Waals surface area (Å²) in [4.78, 5) is 24.1. The predicted molar refractivity (Wildman–Crippen MR) is 192 cm³/mol. The van der Waals surface area contributed by atoms with Gasteiger partial charge >= 0.3 is 11.9 Å². The van der Waals surface area contributed by atoms with E-state index in [-0.39, 0.29) is 26.4 Å². The molecular formula is C42H38O8. The molecule has 0 N–H and O–H groups in total. The Morgan fingerprint density at radius 2 is 0.780 bits per heavy atom. The van der Waals surface area contributed by atoms with E-state index >= 15 is 0 Å². The minimum Gasteiger partial charge on any atom is -0.490 e. The van der Waals surface area contributed by atoms with Gasteiger partial charge in [-0.25, -0.2) is 9.59 Å². The van der Waals surface area contributed by atoms with E-state index in [1.54, 1.807) is 24.3 Å². The van der Waals surface area contributed by atoms with Crippen LogP contribution >= 0.6 is 0 Å². The fourth-order valence-corrected chi connectivity index (χ4v) is 4.84. The number of rotatable bonds is 18. The van der Waals surface area contributed by atoms with E-state index in [1.165, 1.54) is 0 Å². The molecule has 2 unspecified atom stereocenters. The highest BCUT2D eigenvalue weighted by atomic mass is 16.6. The molecule has 0 radical (unpaired) electrons. The van der Waals surface area contributed by atoms with Crippen LogP contribution < -0.4 is 18.9 Å². The van der Waals surface area contributed by atoms with E-state index in [4.69, 9.17) is 28.4 Å². The highest BCUT2D eigenvalue weighted by Gasteiger charge is 2.18. The van der Waals surface area contributed by atoms with Crippen LogP contribution in [0.25, 0.3) is 22.3 Å².